The summed E-state index contributed by atoms with van der Waals surface area (Å²) in [5.41, 5.74) is 4.51. The number of H-pyrrole nitrogens is 1. The molecule has 5 aromatic heterocycles. The topological polar surface area (TPSA) is 92.8 Å². The molecule has 0 unspecified atom stereocenters. The lowest BCUT2D eigenvalue weighted by Crippen LogP contribution is -2.41. The molecule has 0 spiro atoms. The molecule has 6 heterocycles. The predicted octanol–water partition coefficient (Wildman–Crippen LogP) is 3.16. The zero-order chi connectivity index (χ0) is 21.8. The molecule has 160 valence electrons. The van der Waals surface area contributed by atoms with Crippen molar-refractivity contribution in [1.82, 2.24) is 34.1 Å². The summed E-state index contributed by atoms with van der Waals surface area (Å²) in [6.45, 7) is 0.522. The number of aromatic amines is 1. The highest BCUT2D eigenvalue weighted by atomic mass is 35.5. The smallest absolute Gasteiger partial charge is 0.258 e. The Morgan fingerprint density at radius 2 is 2.16 bits per heavy atom. The van der Waals surface area contributed by atoms with Crippen LogP contribution in [0.3, 0.4) is 0 Å². The van der Waals surface area contributed by atoms with Gasteiger partial charge >= 0.3 is 0 Å². The van der Waals surface area contributed by atoms with E-state index in [-0.39, 0.29) is 5.91 Å². The van der Waals surface area contributed by atoms with Crippen molar-refractivity contribution in [3.05, 3.63) is 82.9 Å². The molecule has 1 atom stereocenters. The van der Waals surface area contributed by atoms with Gasteiger partial charge in [-0.05, 0) is 30.3 Å². The standard InChI is InChI=1S/C22H18ClN7O2/c1-32-13-4-5-18-14(10-26-30(18)11-13)22(31)28-8-6-16-20(25-12-24-16)21(28)17-9-19-15(23)3-2-7-29(19)27-17/h2-5,7,9-12,21H,6,8H2,1H3,(H,24,25)/t21-/m0/s1. The zero-order valence-corrected chi connectivity index (χ0v) is 17.8. The first-order valence-corrected chi connectivity index (χ1v) is 10.5. The largest absolute Gasteiger partial charge is 0.495 e. The lowest BCUT2D eigenvalue weighted by Gasteiger charge is -2.33. The van der Waals surface area contributed by atoms with Crippen LogP contribution in [0.15, 0.2) is 55.2 Å². The van der Waals surface area contributed by atoms with Crippen molar-refractivity contribution in [3.63, 3.8) is 0 Å². The highest BCUT2D eigenvalue weighted by molar-refractivity contribution is 6.33. The average Bonchev–Trinajstić information content (AvgIpc) is 3.55. The second-order valence-electron chi connectivity index (χ2n) is 7.63. The van der Waals surface area contributed by atoms with Crippen LogP contribution in [-0.2, 0) is 6.42 Å². The van der Waals surface area contributed by atoms with Crippen LogP contribution in [0.2, 0.25) is 5.02 Å². The molecule has 0 saturated heterocycles. The van der Waals surface area contributed by atoms with E-state index in [1.54, 1.807) is 39.8 Å². The van der Waals surface area contributed by atoms with Gasteiger partial charge in [0, 0.05) is 24.9 Å². The first kappa shape index (κ1) is 18.9. The van der Waals surface area contributed by atoms with Crippen molar-refractivity contribution >= 4 is 28.5 Å². The number of nitrogens with one attached hydrogen (secondary N) is 1. The first-order chi connectivity index (χ1) is 15.6. The van der Waals surface area contributed by atoms with E-state index in [0.717, 1.165) is 16.9 Å². The summed E-state index contributed by atoms with van der Waals surface area (Å²) < 4.78 is 8.64. The third kappa shape index (κ3) is 2.78. The van der Waals surface area contributed by atoms with E-state index in [9.17, 15) is 4.79 Å². The van der Waals surface area contributed by atoms with Gasteiger partial charge < -0.3 is 14.6 Å². The van der Waals surface area contributed by atoms with Crippen LogP contribution >= 0.6 is 11.6 Å². The van der Waals surface area contributed by atoms with Crippen LogP contribution < -0.4 is 4.74 Å². The molecule has 0 saturated carbocycles. The van der Waals surface area contributed by atoms with Crippen LogP contribution in [0.5, 0.6) is 5.75 Å². The van der Waals surface area contributed by atoms with E-state index in [0.29, 0.717) is 40.5 Å². The van der Waals surface area contributed by atoms with Crippen LogP contribution in [0.25, 0.3) is 11.0 Å². The number of carbonyl (C=O) groups excluding carboxylic acids is 1. The van der Waals surface area contributed by atoms with E-state index in [4.69, 9.17) is 21.4 Å². The Morgan fingerprint density at radius 3 is 3.00 bits per heavy atom. The molecular weight excluding hydrogens is 430 g/mol. The van der Waals surface area contributed by atoms with E-state index in [1.165, 1.54) is 0 Å². The van der Waals surface area contributed by atoms with Gasteiger partial charge in [-0.3, -0.25) is 4.79 Å². The minimum atomic E-state index is -0.443. The Bertz CT molecular complexity index is 1480. The third-order valence-corrected chi connectivity index (χ3v) is 6.21. The summed E-state index contributed by atoms with van der Waals surface area (Å²) in [6, 6.07) is 8.78. The molecule has 0 bridgehead atoms. The minimum absolute atomic E-state index is 0.132. The highest BCUT2D eigenvalue weighted by Gasteiger charge is 2.37. The molecule has 9 nitrogen and oxygen atoms in total. The van der Waals surface area contributed by atoms with Gasteiger partial charge in [0.25, 0.3) is 5.91 Å². The Morgan fingerprint density at radius 1 is 1.25 bits per heavy atom. The number of hydrogen-bond donors (Lipinski definition) is 1. The van der Waals surface area contributed by atoms with Crippen molar-refractivity contribution < 1.29 is 9.53 Å². The van der Waals surface area contributed by atoms with Crippen LogP contribution in [0.4, 0.5) is 0 Å². The normalized spacial score (nSPS) is 15.9. The first-order valence-electron chi connectivity index (χ1n) is 10.1. The Hall–Kier alpha value is -3.85. The van der Waals surface area contributed by atoms with Crippen LogP contribution in [0.1, 0.15) is 33.5 Å². The maximum absolute atomic E-state index is 13.8. The number of imidazole rings is 1. The number of aromatic nitrogens is 6. The molecule has 1 amide bonds. The third-order valence-electron chi connectivity index (χ3n) is 5.89. The number of rotatable bonds is 3. The van der Waals surface area contributed by atoms with Gasteiger partial charge in [0.2, 0.25) is 0 Å². The van der Waals surface area contributed by atoms with Gasteiger partial charge in [-0.1, -0.05) is 11.6 Å². The van der Waals surface area contributed by atoms with Gasteiger partial charge in [-0.15, -0.1) is 0 Å². The van der Waals surface area contributed by atoms with Gasteiger partial charge in [0.05, 0.1) is 58.8 Å². The van der Waals surface area contributed by atoms with Gasteiger partial charge in [-0.2, -0.15) is 10.2 Å². The summed E-state index contributed by atoms with van der Waals surface area (Å²) in [5, 5.41) is 9.67. The molecule has 32 heavy (non-hydrogen) atoms. The number of halogens is 1. The van der Waals surface area contributed by atoms with Crippen molar-refractivity contribution in [2.24, 2.45) is 0 Å². The number of ether oxygens (including phenoxy) is 1. The summed E-state index contributed by atoms with van der Waals surface area (Å²) in [7, 11) is 1.59. The van der Waals surface area contributed by atoms with Crippen molar-refractivity contribution in [3.8, 4) is 5.75 Å². The number of methoxy groups -OCH3 is 1. The molecule has 1 aliphatic rings. The molecule has 0 fully saturated rings. The number of pyridine rings is 2. The molecule has 0 aliphatic carbocycles. The number of nitrogens with zero attached hydrogens (tertiary/aromatic N) is 6. The fraction of sp³-hybridized carbons (Fsp3) is 0.182. The minimum Gasteiger partial charge on any atom is -0.495 e. The van der Waals surface area contributed by atoms with Crippen molar-refractivity contribution in [2.75, 3.05) is 13.7 Å². The van der Waals surface area contributed by atoms with Gasteiger partial charge in [-0.25, -0.2) is 14.0 Å². The maximum atomic E-state index is 13.8. The highest BCUT2D eigenvalue weighted by Crippen LogP contribution is 2.35. The molecule has 1 aliphatic heterocycles. The zero-order valence-electron chi connectivity index (χ0n) is 17.1. The quantitative estimate of drug-likeness (QED) is 0.458. The lowest BCUT2D eigenvalue weighted by atomic mass is 9.98. The van der Waals surface area contributed by atoms with E-state index in [2.05, 4.69) is 15.1 Å². The number of carbonyl (C=O) groups is 1. The fourth-order valence-corrected chi connectivity index (χ4v) is 4.55. The predicted molar refractivity (Wildman–Crippen MR) is 117 cm³/mol. The summed E-state index contributed by atoms with van der Waals surface area (Å²) >= 11 is 6.37. The van der Waals surface area contributed by atoms with Crippen LogP contribution in [-0.4, -0.2) is 53.7 Å². The summed E-state index contributed by atoms with van der Waals surface area (Å²) in [5.74, 6) is 0.533. The summed E-state index contributed by atoms with van der Waals surface area (Å²) in [4.78, 5) is 23.3. The molecule has 1 N–H and O–H groups in total. The average molecular weight is 448 g/mol. The Labute approximate surface area is 187 Å². The molecule has 0 radical (unpaired) electrons. The van der Waals surface area contributed by atoms with Gasteiger partial charge in [0.1, 0.15) is 11.8 Å². The number of hydrogen-bond acceptors (Lipinski definition) is 5. The second-order valence-corrected chi connectivity index (χ2v) is 8.04. The van der Waals surface area contributed by atoms with E-state index in [1.807, 2.05) is 36.5 Å². The lowest BCUT2D eigenvalue weighted by molar-refractivity contribution is 0.0689. The number of amides is 1. The fourth-order valence-electron chi connectivity index (χ4n) is 4.33. The van der Waals surface area contributed by atoms with E-state index < -0.39 is 6.04 Å². The van der Waals surface area contributed by atoms with E-state index >= 15 is 0 Å². The SMILES string of the molecule is COc1ccc2c(C(=O)N3CCc4[nH]cnc4[C@@H]3c3cc4c(Cl)cccn4n3)cnn2c1. The molecule has 10 heteroatoms. The number of fused-ring (bicyclic) bond motifs is 3. The molecular formula is C22H18ClN7O2. The van der Waals surface area contributed by atoms with Crippen LogP contribution in [0, 0.1) is 0 Å². The summed E-state index contributed by atoms with van der Waals surface area (Å²) in [6.07, 6.45) is 7.52. The Balaban J connectivity index is 1.47. The van der Waals surface area contributed by atoms with Crippen molar-refractivity contribution in [1.29, 1.82) is 0 Å². The monoisotopic (exact) mass is 447 g/mol. The second kappa shape index (κ2) is 7.10. The maximum Gasteiger partial charge on any atom is 0.258 e. The van der Waals surface area contributed by atoms with Gasteiger partial charge in [0.15, 0.2) is 0 Å². The molecule has 6 rings (SSSR count). The molecule has 0 aromatic carbocycles. The molecule has 5 aromatic rings. The van der Waals surface area contributed by atoms with Crippen molar-refractivity contribution in [2.45, 2.75) is 12.5 Å². The Kier molecular flexibility index (Phi) is 4.19.